The standard InChI is InChI=1S/C12H11ClN2O/c13-9-4-5-14-12-10(9)8(6-15-12)11(16)7-2-1-3-7/h4-7H,1-3H2,(H,14,15). The summed E-state index contributed by atoms with van der Waals surface area (Å²) in [5.74, 6) is 0.391. The lowest BCUT2D eigenvalue weighted by atomic mass is 9.80. The lowest BCUT2D eigenvalue weighted by molar-refractivity contribution is 0.0857. The van der Waals surface area contributed by atoms with Crippen LogP contribution in [0, 0.1) is 5.92 Å². The lowest BCUT2D eigenvalue weighted by Gasteiger charge is -2.23. The minimum Gasteiger partial charge on any atom is -0.345 e. The van der Waals surface area contributed by atoms with Crippen molar-refractivity contribution in [2.45, 2.75) is 19.3 Å². The molecule has 1 aliphatic carbocycles. The van der Waals surface area contributed by atoms with E-state index in [0.717, 1.165) is 24.6 Å². The van der Waals surface area contributed by atoms with Gasteiger partial charge < -0.3 is 4.98 Å². The Morgan fingerprint density at radius 3 is 3.00 bits per heavy atom. The quantitative estimate of drug-likeness (QED) is 0.811. The molecule has 16 heavy (non-hydrogen) atoms. The van der Waals surface area contributed by atoms with E-state index < -0.39 is 0 Å². The van der Waals surface area contributed by atoms with Crippen LogP contribution >= 0.6 is 11.6 Å². The second kappa shape index (κ2) is 3.59. The fraction of sp³-hybridized carbons (Fsp3) is 0.333. The molecule has 2 heterocycles. The summed E-state index contributed by atoms with van der Waals surface area (Å²) < 4.78 is 0. The van der Waals surface area contributed by atoms with Gasteiger partial charge in [0.1, 0.15) is 5.65 Å². The van der Waals surface area contributed by atoms with Gasteiger partial charge in [0.25, 0.3) is 0 Å². The highest BCUT2D eigenvalue weighted by Crippen LogP contribution is 2.33. The highest BCUT2D eigenvalue weighted by atomic mass is 35.5. The van der Waals surface area contributed by atoms with Gasteiger partial charge in [-0.3, -0.25) is 4.79 Å². The minimum absolute atomic E-state index is 0.190. The van der Waals surface area contributed by atoms with E-state index in [2.05, 4.69) is 9.97 Å². The van der Waals surface area contributed by atoms with E-state index in [-0.39, 0.29) is 11.7 Å². The van der Waals surface area contributed by atoms with Gasteiger partial charge in [-0.05, 0) is 18.9 Å². The number of rotatable bonds is 2. The summed E-state index contributed by atoms with van der Waals surface area (Å²) in [6, 6.07) is 1.72. The first kappa shape index (κ1) is 9.85. The summed E-state index contributed by atoms with van der Waals surface area (Å²) in [7, 11) is 0. The molecule has 2 aromatic heterocycles. The molecule has 2 aromatic rings. The van der Waals surface area contributed by atoms with E-state index >= 15 is 0 Å². The molecule has 0 aromatic carbocycles. The van der Waals surface area contributed by atoms with Crippen LogP contribution in [0.3, 0.4) is 0 Å². The van der Waals surface area contributed by atoms with Gasteiger partial charge in [0.15, 0.2) is 5.78 Å². The van der Waals surface area contributed by atoms with Crippen LogP contribution in [0.15, 0.2) is 18.5 Å². The molecule has 82 valence electrons. The van der Waals surface area contributed by atoms with Gasteiger partial charge in [0.05, 0.1) is 5.02 Å². The number of carbonyl (C=O) groups is 1. The zero-order chi connectivity index (χ0) is 11.1. The van der Waals surface area contributed by atoms with Crippen molar-refractivity contribution in [3.63, 3.8) is 0 Å². The first-order chi connectivity index (χ1) is 7.77. The summed E-state index contributed by atoms with van der Waals surface area (Å²) in [5, 5.41) is 1.36. The summed E-state index contributed by atoms with van der Waals surface area (Å²) in [6.07, 6.45) is 6.53. The van der Waals surface area contributed by atoms with Crippen molar-refractivity contribution in [1.29, 1.82) is 0 Å². The van der Waals surface area contributed by atoms with Gasteiger partial charge in [-0.1, -0.05) is 18.0 Å². The number of nitrogens with one attached hydrogen (secondary N) is 1. The average Bonchev–Trinajstić information content (AvgIpc) is 2.60. The number of halogens is 1. The van der Waals surface area contributed by atoms with Crippen molar-refractivity contribution < 1.29 is 4.79 Å². The highest BCUT2D eigenvalue weighted by Gasteiger charge is 2.28. The normalized spacial score (nSPS) is 16.3. The van der Waals surface area contributed by atoms with Crippen LogP contribution in [-0.2, 0) is 0 Å². The third kappa shape index (κ3) is 1.35. The van der Waals surface area contributed by atoms with Crippen molar-refractivity contribution in [2.75, 3.05) is 0 Å². The molecular formula is C12H11ClN2O. The van der Waals surface area contributed by atoms with Crippen LogP contribution in [0.4, 0.5) is 0 Å². The van der Waals surface area contributed by atoms with Crippen LogP contribution < -0.4 is 0 Å². The van der Waals surface area contributed by atoms with Crippen LogP contribution in [0.5, 0.6) is 0 Å². The summed E-state index contributed by atoms with van der Waals surface area (Å²) in [4.78, 5) is 19.3. The number of Topliss-reactive ketones (excluding diaryl/α,β-unsaturated/α-hetero) is 1. The first-order valence-electron chi connectivity index (χ1n) is 5.43. The lowest BCUT2D eigenvalue weighted by Crippen LogP contribution is -2.21. The average molecular weight is 235 g/mol. The van der Waals surface area contributed by atoms with E-state index in [9.17, 15) is 4.79 Å². The van der Waals surface area contributed by atoms with Crippen LogP contribution in [0.1, 0.15) is 29.6 Å². The largest absolute Gasteiger partial charge is 0.345 e. The van der Waals surface area contributed by atoms with Gasteiger partial charge in [-0.2, -0.15) is 0 Å². The van der Waals surface area contributed by atoms with E-state index in [4.69, 9.17) is 11.6 Å². The Bertz CT molecular complexity index is 557. The Kier molecular flexibility index (Phi) is 2.21. The number of hydrogen-bond donors (Lipinski definition) is 1. The van der Waals surface area contributed by atoms with E-state index in [1.54, 1.807) is 18.5 Å². The number of carbonyl (C=O) groups excluding carboxylic acids is 1. The Morgan fingerprint density at radius 2 is 2.31 bits per heavy atom. The highest BCUT2D eigenvalue weighted by molar-refractivity contribution is 6.36. The fourth-order valence-electron chi connectivity index (χ4n) is 2.10. The predicted molar refractivity (Wildman–Crippen MR) is 62.8 cm³/mol. The van der Waals surface area contributed by atoms with Crippen LogP contribution in [0.25, 0.3) is 11.0 Å². The van der Waals surface area contributed by atoms with Crippen molar-refractivity contribution in [3.05, 3.63) is 29.0 Å². The maximum Gasteiger partial charge on any atom is 0.168 e. The summed E-state index contributed by atoms with van der Waals surface area (Å²) in [6.45, 7) is 0. The number of H-pyrrole nitrogens is 1. The van der Waals surface area contributed by atoms with Gasteiger partial charge in [-0.15, -0.1) is 0 Å². The molecular weight excluding hydrogens is 224 g/mol. The monoisotopic (exact) mass is 234 g/mol. The van der Waals surface area contributed by atoms with Gasteiger partial charge >= 0.3 is 0 Å². The predicted octanol–water partition coefficient (Wildman–Crippen LogP) is 3.20. The second-order valence-corrected chi connectivity index (χ2v) is 4.62. The third-order valence-corrected chi connectivity index (χ3v) is 3.58. The molecule has 1 fully saturated rings. The molecule has 0 saturated heterocycles. The molecule has 0 aliphatic heterocycles. The maximum atomic E-state index is 12.1. The Morgan fingerprint density at radius 1 is 1.50 bits per heavy atom. The van der Waals surface area contributed by atoms with E-state index in [0.29, 0.717) is 16.2 Å². The number of aromatic nitrogens is 2. The minimum atomic E-state index is 0.190. The van der Waals surface area contributed by atoms with Gasteiger partial charge in [-0.25, -0.2) is 4.98 Å². The molecule has 0 spiro atoms. The zero-order valence-electron chi connectivity index (χ0n) is 8.66. The van der Waals surface area contributed by atoms with Crippen LogP contribution in [-0.4, -0.2) is 15.8 Å². The Balaban J connectivity index is 2.12. The molecule has 4 heteroatoms. The molecule has 0 atom stereocenters. The van der Waals surface area contributed by atoms with Crippen molar-refractivity contribution in [2.24, 2.45) is 5.92 Å². The molecule has 0 amide bonds. The smallest absolute Gasteiger partial charge is 0.168 e. The molecule has 0 bridgehead atoms. The molecule has 0 radical (unpaired) electrons. The number of fused-ring (bicyclic) bond motifs is 1. The topological polar surface area (TPSA) is 45.8 Å². The van der Waals surface area contributed by atoms with Crippen molar-refractivity contribution in [3.8, 4) is 0 Å². The van der Waals surface area contributed by atoms with Crippen molar-refractivity contribution >= 4 is 28.4 Å². The molecule has 3 rings (SSSR count). The van der Waals surface area contributed by atoms with Gasteiger partial charge in [0.2, 0.25) is 0 Å². The molecule has 3 nitrogen and oxygen atoms in total. The molecule has 1 aliphatic rings. The van der Waals surface area contributed by atoms with Crippen molar-refractivity contribution in [1.82, 2.24) is 9.97 Å². The second-order valence-electron chi connectivity index (χ2n) is 4.21. The van der Waals surface area contributed by atoms with E-state index in [1.807, 2.05) is 0 Å². The maximum absolute atomic E-state index is 12.1. The number of ketones is 1. The number of hydrogen-bond acceptors (Lipinski definition) is 2. The summed E-state index contributed by atoms with van der Waals surface area (Å²) >= 11 is 6.10. The Labute approximate surface area is 97.8 Å². The first-order valence-corrected chi connectivity index (χ1v) is 5.81. The zero-order valence-corrected chi connectivity index (χ0v) is 9.42. The molecule has 1 saturated carbocycles. The van der Waals surface area contributed by atoms with Crippen LogP contribution in [0.2, 0.25) is 5.02 Å². The SMILES string of the molecule is O=C(c1c[nH]c2nccc(Cl)c12)C1CCC1. The summed E-state index contributed by atoms with van der Waals surface area (Å²) in [5.41, 5.74) is 1.38. The third-order valence-electron chi connectivity index (χ3n) is 3.26. The molecule has 1 N–H and O–H groups in total. The van der Waals surface area contributed by atoms with E-state index in [1.165, 1.54) is 0 Å². The van der Waals surface area contributed by atoms with Gasteiger partial charge in [0, 0.05) is 29.3 Å². The fourth-order valence-corrected chi connectivity index (χ4v) is 2.35. The Hall–Kier alpha value is -1.35. The number of pyridine rings is 1. The molecule has 0 unspecified atom stereocenters. The number of nitrogens with zero attached hydrogens (tertiary/aromatic N) is 1. The number of aromatic amines is 1.